The van der Waals surface area contributed by atoms with Gasteiger partial charge >= 0.3 is 5.97 Å². The minimum atomic E-state index is -0.916. The lowest BCUT2D eigenvalue weighted by atomic mass is 9.81. The molecular formula is C20H37NO4. The number of hydrogen-bond acceptors (Lipinski definition) is 4. The molecule has 2 heterocycles. The minimum Gasteiger partial charge on any atom is -0.481 e. The van der Waals surface area contributed by atoms with E-state index in [4.69, 9.17) is 5.11 Å². The second-order valence-electron chi connectivity index (χ2n) is 8.26. The van der Waals surface area contributed by atoms with Gasteiger partial charge in [0.05, 0.1) is 18.6 Å². The predicted molar refractivity (Wildman–Crippen MR) is 98.5 cm³/mol. The zero-order valence-corrected chi connectivity index (χ0v) is 15.8. The molecule has 25 heavy (non-hydrogen) atoms. The highest BCUT2D eigenvalue weighted by atomic mass is 16.4. The summed E-state index contributed by atoms with van der Waals surface area (Å²) < 4.78 is 0. The van der Waals surface area contributed by atoms with E-state index in [-0.39, 0.29) is 12.5 Å². The van der Waals surface area contributed by atoms with Crippen molar-refractivity contribution in [3.8, 4) is 0 Å². The van der Waals surface area contributed by atoms with Crippen molar-refractivity contribution < 1.29 is 20.1 Å². The minimum absolute atomic E-state index is 0.129. The summed E-state index contributed by atoms with van der Waals surface area (Å²) in [5, 5.41) is 28.1. The van der Waals surface area contributed by atoms with E-state index >= 15 is 0 Å². The molecule has 0 radical (unpaired) electrons. The molecule has 0 aromatic heterocycles. The van der Waals surface area contributed by atoms with Crippen LogP contribution in [0.25, 0.3) is 0 Å². The molecule has 5 nitrogen and oxygen atoms in total. The fourth-order valence-corrected chi connectivity index (χ4v) is 4.71. The standard InChI is InChI=1S/C20H37NO4/c1-15-19(23)10-9-17-13-16(11-12-21(15)17)7-5-3-2-4-6-8-18(22)14-20(24)25/h15-19,22-23H,2-14H2,1H3,(H,24,25). The first-order chi connectivity index (χ1) is 12.0. The molecule has 0 saturated carbocycles. The van der Waals surface area contributed by atoms with E-state index in [2.05, 4.69) is 11.8 Å². The van der Waals surface area contributed by atoms with Gasteiger partial charge < -0.3 is 15.3 Å². The Hall–Kier alpha value is -0.650. The van der Waals surface area contributed by atoms with Crippen molar-refractivity contribution in [3.05, 3.63) is 0 Å². The number of piperidine rings is 2. The Bertz CT molecular complexity index is 403. The van der Waals surface area contributed by atoms with Gasteiger partial charge in [0, 0.05) is 12.1 Å². The number of aliphatic carboxylic acids is 1. The summed E-state index contributed by atoms with van der Waals surface area (Å²) in [4.78, 5) is 13.0. The number of hydrogen-bond donors (Lipinski definition) is 3. The van der Waals surface area contributed by atoms with Crippen LogP contribution in [-0.4, -0.2) is 57.0 Å². The van der Waals surface area contributed by atoms with E-state index in [0.717, 1.165) is 38.1 Å². The number of rotatable bonds is 10. The molecular weight excluding hydrogens is 318 g/mol. The van der Waals surface area contributed by atoms with E-state index in [1.54, 1.807) is 0 Å². The lowest BCUT2D eigenvalue weighted by Crippen LogP contribution is -2.55. The van der Waals surface area contributed by atoms with Gasteiger partial charge in [-0.2, -0.15) is 0 Å². The number of fused-ring (bicyclic) bond motifs is 1. The average molecular weight is 356 g/mol. The molecule has 0 spiro atoms. The highest BCUT2D eigenvalue weighted by Crippen LogP contribution is 2.35. The van der Waals surface area contributed by atoms with Crippen LogP contribution in [0.4, 0.5) is 0 Å². The number of aliphatic hydroxyl groups excluding tert-OH is 2. The Labute approximate surface area is 152 Å². The molecule has 2 fully saturated rings. The third-order valence-corrected chi connectivity index (χ3v) is 6.31. The quantitative estimate of drug-likeness (QED) is 0.524. The predicted octanol–water partition coefficient (Wildman–Crippen LogP) is 3.18. The summed E-state index contributed by atoms with van der Waals surface area (Å²) in [6.07, 6.45) is 11.4. The Balaban J connectivity index is 1.50. The van der Waals surface area contributed by atoms with Crippen LogP contribution in [0, 0.1) is 5.92 Å². The van der Waals surface area contributed by atoms with Crippen LogP contribution in [0.1, 0.15) is 84.0 Å². The van der Waals surface area contributed by atoms with Crippen molar-refractivity contribution in [2.75, 3.05) is 6.54 Å². The normalized spacial score (nSPS) is 31.5. The highest BCUT2D eigenvalue weighted by Gasteiger charge is 2.37. The van der Waals surface area contributed by atoms with Gasteiger partial charge in [-0.3, -0.25) is 9.69 Å². The Morgan fingerprint density at radius 3 is 2.60 bits per heavy atom. The van der Waals surface area contributed by atoms with Crippen LogP contribution < -0.4 is 0 Å². The van der Waals surface area contributed by atoms with E-state index in [1.165, 1.54) is 38.5 Å². The van der Waals surface area contributed by atoms with Crippen LogP contribution in [0.15, 0.2) is 0 Å². The third kappa shape index (κ3) is 6.87. The Morgan fingerprint density at radius 1 is 1.12 bits per heavy atom. The van der Waals surface area contributed by atoms with Gasteiger partial charge in [0.2, 0.25) is 0 Å². The van der Waals surface area contributed by atoms with Gasteiger partial charge in [0.1, 0.15) is 0 Å². The van der Waals surface area contributed by atoms with Gasteiger partial charge in [0.15, 0.2) is 0 Å². The molecule has 5 unspecified atom stereocenters. The average Bonchev–Trinajstić information content (AvgIpc) is 2.56. The van der Waals surface area contributed by atoms with Crippen LogP contribution in [0.3, 0.4) is 0 Å². The monoisotopic (exact) mass is 355 g/mol. The maximum absolute atomic E-state index is 10.5. The first-order valence-electron chi connectivity index (χ1n) is 10.3. The molecule has 3 N–H and O–H groups in total. The lowest BCUT2D eigenvalue weighted by molar-refractivity contribution is -0.139. The van der Waals surface area contributed by atoms with Crippen molar-refractivity contribution in [1.82, 2.24) is 4.90 Å². The third-order valence-electron chi connectivity index (χ3n) is 6.31. The summed E-state index contributed by atoms with van der Waals surface area (Å²) in [6.45, 7) is 3.32. The maximum atomic E-state index is 10.5. The molecule has 2 aliphatic heterocycles. The van der Waals surface area contributed by atoms with Gasteiger partial charge in [0.25, 0.3) is 0 Å². The van der Waals surface area contributed by atoms with Crippen molar-refractivity contribution in [1.29, 1.82) is 0 Å². The lowest BCUT2D eigenvalue weighted by Gasteiger charge is -2.48. The molecule has 0 aromatic carbocycles. The maximum Gasteiger partial charge on any atom is 0.305 e. The van der Waals surface area contributed by atoms with Crippen LogP contribution >= 0.6 is 0 Å². The van der Waals surface area contributed by atoms with Crippen molar-refractivity contribution in [2.45, 2.75) is 108 Å². The second kappa shape index (κ2) is 10.5. The molecule has 146 valence electrons. The van der Waals surface area contributed by atoms with Gasteiger partial charge in [-0.05, 0) is 51.5 Å². The molecule has 0 aliphatic carbocycles. The van der Waals surface area contributed by atoms with Crippen molar-refractivity contribution in [2.24, 2.45) is 5.92 Å². The number of carboxylic acid groups (broad SMARTS) is 1. The van der Waals surface area contributed by atoms with Gasteiger partial charge in [-0.25, -0.2) is 0 Å². The van der Waals surface area contributed by atoms with Gasteiger partial charge in [-0.1, -0.05) is 38.5 Å². The van der Waals surface area contributed by atoms with E-state index in [1.807, 2.05) is 0 Å². The number of nitrogens with zero attached hydrogens (tertiary/aromatic N) is 1. The van der Waals surface area contributed by atoms with Crippen molar-refractivity contribution in [3.63, 3.8) is 0 Å². The highest BCUT2D eigenvalue weighted by molar-refractivity contribution is 5.67. The smallest absolute Gasteiger partial charge is 0.305 e. The van der Waals surface area contributed by atoms with Gasteiger partial charge in [-0.15, -0.1) is 0 Å². The van der Waals surface area contributed by atoms with E-state index in [0.29, 0.717) is 18.5 Å². The topological polar surface area (TPSA) is 81.0 Å². The first-order valence-corrected chi connectivity index (χ1v) is 10.3. The number of unbranched alkanes of at least 4 members (excludes halogenated alkanes) is 4. The number of carbonyl (C=O) groups is 1. The number of aliphatic hydroxyl groups is 2. The summed E-state index contributed by atoms with van der Waals surface area (Å²) >= 11 is 0. The molecule has 0 amide bonds. The Kier molecular flexibility index (Phi) is 8.67. The van der Waals surface area contributed by atoms with Crippen LogP contribution in [0.2, 0.25) is 0 Å². The molecule has 0 aromatic rings. The largest absolute Gasteiger partial charge is 0.481 e. The first kappa shape index (κ1) is 20.7. The SMILES string of the molecule is CC1C(O)CCC2CC(CCCCCCCC(O)CC(=O)O)CCN21. The summed E-state index contributed by atoms with van der Waals surface area (Å²) in [7, 11) is 0. The molecule has 2 rings (SSSR count). The zero-order chi connectivity index (χ0) is 18.2. The van der Waals surface area contributed by atoms with E-state index < -0.39 is 12.1 Å². The molecule has 0 bridgehead atoms. The number of carboxylic acids is 1. The fourth-order valence-electron chi connectivity index (χ4n) is 4.71. The Morgan fingerprint density at radius 2 is 1.84 bits per heavy atom. The second-order valence-corrected chi connectivity index (χ2v) is 8.26. The molecule has 2 aliphatic rings. The summed E-state index contributed by atoms with van der Waals surface area (Å²) in [5.74, 6) is -0.0681. The van der Waals surface area contributed by atoms with Crippen LogP contribution in [0.5, 0.6) is 0 Å². The molecule has 5 heteroatoms. The molecule has 5 atom stereocenters. The summed E-state index contributed by atoms with van der Waals surface area (Å²) in [6, 6.07) is 1.02. The fraction of sp³-hybridized carbons (Fsp3) is 0.950. The molecule has 2 saturated heterocycles. The van der Waals surface area contributed by atoms with Crippen molar-refractivity contribution >= 4 is 5.97 Å². The summed E-state index contributed by atoms with van der Waals surface area (Å²) in [5.41, 5.74) is 0. The zero-order valence-electron chi connectivity index (χ0n) is 15.8. The van der Waals surface area contributed by atoms with Crippen LogP contribution in [-0.2, 0) is 4.79 Å². The van der Waals surface area contributed by atoms with E-state index in [9.17, 15) is 15.0 Å².